The molecule has 0 saturated heterocycles. The number of H-pyrrole nitrogens is 1. The Labute approximate surface area is 115 Å². The molecule has 0 aliphatic rings. The van der Waals surface area contributed by atoms with Gasteiger partial charge in [0.05, 0.1) is 32.0 Å². The molecule has 20 heavy (non-hydrogen) atoms. The van der Waals surface area contributed by atoms with E-state index < -0.39 is 0 Å². The average Bonchev–Trinajstić information content (AvgIpc) is 3.04. The number of para-hydroxylation sites is 1. The molecule has 3 N–H and O–H groups in total. The van der Waals surface area contributed by atoms with E-state index >= 15 is 0 Å². The van der Waals surface area contributed by atoms with E-state index in [4.69, 9.17) is 9.84 Å². The monoisotopic (exact) mass is 273 g/mol. The number of aromatic nitrogens is 4. The zero-order valence-corrected chi connectivity index (χ0v) is 11.0. The van der Waals surface area contributed by atoms with Crippen LogP contribution >= 0.6 is 0 Å². The maximum Gasteiger partial charge on any atom is 0.256 e. The molecule has 0 aliphatic heterocycles. The van der Waals surface area contributed by atoms with Crippen molar-refractivity contribution in [1.29, 1.82) is 0 Å². The number of ether oxygens (including phenoxy) is 1. The fourth-order valence-electron chi connectivity index (χ4n) is 2.04. The van der Waals surface area contributed by atoms with Crippen molar-refractivity contribution in [3.05, 3.63) is 30.5 Å². The minimum Gasteiger partial charge on any atom is -0.478 e. The van der Waals surface area contributed by atoms with Crippen molar-refractivity contribution >= 4 is 22.4 Å². The van der Waals surface area contributed by atoms with E-state index in [9.17, 15) is 0 Å². The number of fused-ring (bicyclic) bond motifs is 1. The van der Waals surface area contributed by atoms with Crippen molar-refractivity contribution in [2.75, 3.05) is 19.0 Å². The zero-order chi connectivity index (χ0) is 13.9. The summed E-state index contributed by atoms with van der Waals surface area (Å²) in [6.45, 7) is 0.439. The van der Waals surface area contributed by atoms with Crippen molar-refractivity contribution in [3.63, 3.8) is 0 Å². The van der Waals surface area contributed by atoms with Crippen LogP contribution in [-0.4, -0.2) is 38.8 Å². The number of aliphatic hydroxyl groups is 1. The molecule has 0 amide bonds. The Morgan fingerprint density at radius 2 is 2.25 bits per heavy atom. The van der Waals surface area contributed by atoms with Gasteiger partial charge in [0.1, 0.15) is 5.69 Å². The van der Waals surface area contributed by atoms with Crippen LogP contribution in [-0.2, 0) is 6.54 Å². The lowest BCUT2D eigenvalue weighted by atomic mass is 10.2. The number of hydrogen-bond donors (Lipinski definition) is 3. The minimum atomic E-state index is 0.0234. The number of anilines is 2. The third kappa shape index (κ3) is 2.19. The van der Waals surface area contributed by atoms with Gasteiger partial charge in [-0.1, -0.05) is 12.1 Å². The minimum absolute atomic E-state index is 0.0234. The first-order chi connectivity index (χ1) is 9.81. The lowest BCUT2D eigenvalue weighted by molar-refractivity contribution is 0.267. The summed E-state index contributed by atoms with van der Waals surface area (Å²) >= 11 is 0. The summed E-state index contributed by atoms with van der Waals surface area (Å²) in [5, 5.41) is 24.5. The number of methoxy groups -OCH3 is 1. The first kappa shape index (κ1) is 12.5. The Morgan fingerprint density at radius 1 is 1.40 bits per heavy atom. The molecule has 3 aromatic rings. The van der Waals surface area contributed by atoms with Crippen molar-refractivity contribution in [2.24, 2.45) is 0 Å². The molecule has 0 saturated carbocycles. The smallest absolute Gasteiger partial charge is 0.256 e. The van der Waals surface area contributed by atoms with E-state index in [1.165, 1.54) is 0 Å². The quantitative estimate of drug-likeness (QED) is 0.655. The van der Waals surface area contributed by atoms with Crippen molar-refractivity contribution in [1.82, 2.24) is 20.0 Å². The Hall–Kier alpha value is -2.54. The molecule has 1 aromatic carbocycles. The molecule has 0 bridgehead atoms. The van der Waals surface area contributed by atoms with Crippen molar-refractivity contribution < 1.29 is 9.84 Å². The highest BCUT2D eigenvalue weighted by molar-refractivity contribution is 5.91. The van der Waals surface area contributed by atoms with Crippen LogP contribution in [0.1, 0.15) is 0 Å². The van der Waals surface area contributed by atoms with Crippen LogP contribution in [0.25, 0.3) is 10.9 Å². The molecule has 0 atom stereocenters. The normalized spacial score (nSPS) is 10.9. The molecule has 0 spiro atoms. The number of nitrogens with zero attached hydrogens (tertiary/aromatic N) is 3. The number of hydrogen-bond acceptors (Lipinski definition) is 5. The summed E-state index contributed by atoms with van der Waals surface area (Å²) in [4.78, 5) is 0. The predicted molar refractivity (Wildman–Crippen MR) is 75.2 cm³/mol. The number of benzene rings is 1. The van der Waals surface area contributed by atoms with E-state index in [0.717, 1.165) is 10.9 Å². The Bertz CT molecular complexity index is 718. The molecule has 0 fully saturated rings. The lowest BCUT2D eigenvalue weighted by Crippen LogP contribution is -2.02. The molecular formula is C13H15N5O2. The second-order valence-corrected chi connectivity index (χ2v) is 4.28. The van der Waals surface area contributed by atoms with Gasteiger partial charge in [-0.25, -0.2) is 0 Å². The lowest BCUT2D eigenvalue weighted by Gasteiger charge is -2.02. The van der Waals surface area contributed by atoms with Crippen LogP contribution in [0.3, 0.4) is 0 Å². The highest BCUT2D eigenvalue weighted by Gasteiger charge is 2.12. The largest absolute Gasteiger partial charge is 0.478 e. The van der Waals surface area contributed by atoms with Gasteiger partial charge in [-0.3, -0.25) is 9.78 Å². The Morgan fingerprint density at radius 3 is 3.05 bits per heavy atom. The van der Waals surface area contributed by atoms with E-state index in [1.807, 2.05) is 24.3 Å². The standard InChI is InChI=1S/C13H15N5O2/c1-20-13-11(8-18(17-13)6-7-19)14-12-9-4-2-3-5-10(9)15-16-12/h2-5,8,19H,6-7H2,1H3,(H2,14,15,16). The summed E-state index contributed by atoms with van der Waals surface area (Å²) in [7, 11) is 1.56. The molecule has 2 heterocycles. The first-order valence-corrected chi connectivity index (χ1v) is 6.24. The summed E-state index contributed by atoms with van der Waals surface area (Å²) in [6, 6.07) is 7.84. The van der Waals surface area contributed by atoms with Gasteiger partial charge < -0.3 is 15.2 Å². The fraction of sp³-hybridized carbons (Fsp3) is 0.231. The molecule has 0 unspecified atom stereocenters. The first-order valence-electron chi connectivity index (χ1n) is 6.24. The molecule has 104 valence electrons. The number of aromatic amines is 1. The second kappa shape index (κ2) is 5.22. The maximum absolute atomic E-state index is 8.95. The van der Waals surface area contributed by atoms with Gasteiger partial charge >= 0.3 is 0 Å². The van der Waals surface area contributed by atoms with Gasteiger partial charge in [0.25, 0.3) is 5.88 Å². The number of nitrogens with one attached hydrogen (secondary N) is 2. The van der Waals surface area contributed by atoms with Gasteiger partial charge in [0, 0.05) is 5.39 Å². The summed E-state index contributed by atoms with van der Waals surface area (Å²) in [5.74, 6) is 1.17. The average molecular weight is 273 g/mol. The third-order valence-electron chi connectivity index (χ3n) is 2.97. The van der Waals surface area contributed by atoms with Gasteiger partial charge in [-0.05, 0) is 12.1 Å². The highest BCUT2D eigenvalue weighted by atomic mass is 16.5. The topological polar surface area (TPSA) is 88.0 Å². The van der Waals surface area contributed by atoms with Crippen LogP contribution in [0.5, 0.6) is 5.88 Å². The van der Waals surface area contributed by atoms with E-state index in [2.05, 4.69) is 20.6 Å². The maximum atomic E-state index is 8.95. The molecule has 3 rings (SSSR count). The van der Waals surface area contributed by atoms with Gasteiger partial charge in [-0.15, -0.1) is 5.10 Å². The van der Waals surface area contributed by atoms with Crippen LogP contribution in [0.2, 0.25) is 0 Å². The predicted octanol–water partition coefficient (Wildman–Crippen LogP) is 1.50. The SMILES string of the molecule is COc1nn(CCO)cc1Nc1n[nH]c2ccccc12. The van der Waals surface area contributed by atoms with Gasteiger partial charge in [-0.2, -0.15) is 5.10 Å². The molecule has 0 radical (unpaired) electrons. The van der Waals surface area contributed by atoms with E-state index in [-0.39, 0.29) is 6.61 Å². The van der Waals surface area contributed by atoms with Crippen LogP contribution < -0.4 is 10.1 Å². The number of rotatable bonds is 5. The van der Waals surface area contributed by atoms with E-state index in [0.29, 0.717) is 23.9 Å². The molecule has 2 aromatic heterocycles. The van der Waals surface area contributed by atoms with Crippen LogP contribution in [0.4, 0.5) is 11.5 Å². The summed E-state index contributed by atoms with van der Waals surface area (Å²) < 4.78 is 6.84. The summed E-state index contributed by atoms with van der Waals surface area (Å²) in [5.41, 5.74) is 1.66. The Balaban J connectivity index is 1.94. The highest BCUT2D eigenvalue weighted by Crippen LogP contribution is 2.28. The Kier molecular flexibility index (Phi) is 3.26. The van der Waals surface area contributed by atoms with Crippen LogP contribution in [0.15, 0.2) is 30.5 Å². The molecule has 7 nitrogen and oxygen atoms in total. The van der Waals surface area contributed by atoms with Crippen LogP contribution in [0, 0.1) is 0 Å². The summed E-state index contributed by atoms with van der Waals surface area (Å²) in [6.07, 6.45) is 1.78. The fourth-order valence-corrected chi connectivity index (χ4v) is 2.04. The zero-order valence-electron chi connectivity index (χ0n) is 11.0. The molecule has 7 heteroatoms. The van der Waals surface area contributed by atoms with E-state index in [1.54, 1.807) is 18.0 Å². The van der Waals surface area contributed by atoms with Crippen molar-refractivity contribution in [3.8, 4) is 5.88 Å². The van der Waals surface area contributed by atoms with Gasteiger partial charge in [0.15, 0.2) is 5.82 Å². The second-order valence-electron chi connectivity index (χ2n) is 4.28. The molecule has 0 aliphatic carbocycles. The third-order valence-corrected chi connectivity index (χ3v) is 2.97. The van der Waals surface area contributed by atoms with Gasteiger partial charge in [0.2, 0.25) is 0 Å². The number of aliphatic hydroxyl groups excluding tert-OH is 1. The van der Waals surface area contributed by atoms with Crippen molar-refractivity contribution in [2.45, 2.75) is 6.54 Å². The molecular weight excluding hydrogens is 258 g/mol.